The maximum atomic E-state index is 12.8. The van der Waals surface area contributed by atoms with Crippen LogP contribution >= 0.6 is 0 Å². The minimum atomic E-state index is -0.471. The van der Waals surface area contributed by atoms with Crippen LogP contribution < -0.4 is 0 Å². The molecule has 5 rings (SSSR count). The summed E-state index contributed by atoms with van der Waals surface area (Å²) in [6, 6.07) is 0. The van der Waals surface area contributed by atoms with Gasteiger partial charge in [0.05, 0.1) is 0 Å². The molecule has 25 heavy (non-hydrogen) atoms. The molecular weight excluding hydrogens is 312 g/mol. The van der Waals surface area contributed by atoms with Gasteiger partial charge in [-0.25, -0.2) is 0 Å². The molecule has 0 N–H and O–H groups in total. The Kier molecular flexibility index (Phi) is 3.15. The number of hydrogen-bond acceptors (Lipinski definition) is 3. The van der Waals surface area contributed by atoms with Gasteiger partial charge in [0.25, 0.3) is 0 Å². The van der Waals surface area contributed by atoms with Crippen LogP contribution in [0.3, 0.4) is 0 Å². The fourth-order valence-corrected chi connectivity index (χ4v) is 7.84. The second-order valence-electron chi connectivity index (χ2n) is 9.92. The van der Waals surface area contributed by atoms with Crippen LogP contribution in [0.2, 0.25) is 0 Å². The number of carbonyl (C=O) groups is 2. The third-order valence-electron chi connectivity index (χ3n) is 9.23. The van der Waals surface area contributed by atoms with Crippen molar-refractivity contribution < 1.29 is 14.3 Å². The number of ketones is 2. The zero-order valence-corrected chi connectivity index (χ0v) is 15.8. The van der Waals surface area contributed by atoms with E-state index in [4.69, 9.17) is 4.74 Å². The number of rotatable bonds is 0. The molecule has 0 aromatic carbocycles. The molecule has 0 radical (unpaired) electrons. The Labute approximate surface area is 150 Å². The van der Waals surface area contributed by atoms with Crippen molar-refractivity contribution in [1.82, 2.24) is 0 Å². The fourth-order valence-electron chi connectivity index (χ4n) is 7.84. The minimum absolute atomic E-state index is 0.0276. The average molecular weight is 342 g/mol. The number of allylic oxidation sites excluding steroid dienone is 1. The Balaban J connectivity index is 1.49. The lowest BCUT2D eigenvalue weighted by Crippen LogP contribution is -2.68. The van der Waals surface area contributed by atoms with Gasteiger partial charge in [-0.05, 0) is 81.1 Å². The van der Waals surface area contributed by atoms with Crippen molar-refractivity contribution in [3.05, 3.63) is 11.6 Å². The summed E-state index contributed by atoms with van der Waals surface area (Å²) in [6.07, 6.45) is 10.2. The number of carbonyl (C=O) groups excluding carboxylic acids is 2. The lowest BCUT2D eigenvalue weighted by Gasteiger charge is -2.61. The van der Waals surface area contributed by atoms with Crippen LogP contribution in [-0.2, 0) is 14.3 Å². The third kappa shape index (κ3) is 1.76. The summed E-state index contributed by atoms with van der Waals surface area (Å²) in [5.41, 5.74) is 1.19. The van der Waals surface area contributed by atoms with E-state index in [0.717, 1.165) is 32.1 Å². The van der Waals surface area contributed by atoms with E-state index in [9.17, 15) is 9.59 Å². The van der Waals surface area contributed by atoms with Crippen LogP contribution in [0.5, 0.6) is 0 Å². The van der Waals surface area contributed by atoms with Crippen LogP contribution in [0, 0.1) is 28.6 Å². The first kappa shape index (κ1) is 16.2. The topological polar surface area (TPSA) is 43.4 Å². The molecule has 136 valence electrons. The Hall–Kier alpha value is -0.960. The number of ether oxygens (including phenoxy) is 1. The quantitative estimate of drug-likeness (QED) is 0.661. The highest BCUT2D eigenvalue weighted by Crippen LogP contribution is 2.70. The Morgan fingerprint density at radius 1 is 1.00 bits per heavy atom. The monoisotopic (exact) mass is 342 g/mol. The second-order valence-corrected chi connectivity index (χ2v) is 9.92. The molecule has 1 heterocycles. The first-order chi connectivity index (χ1) is 11.8. The maximum Gasteiger partial charge on any atom is 0.193 e. The molecule has 0 aromatic rings. The van der Waals surface area contributed by atoms with Crippen molar-refractivity contribution in [2.24, 2.45) is 28.6 Å². The van der Waals surface area contributed by atoms with Crippen LogP contribution in [0.4, 0.5) is 0 Å². The second kappa shape index (κ2) is 4.85. The highest BCUT2D eigenvalue weighted by atomic mass is 16.6. The molecule has 7 atom stereocenters. The van der Waals surface area contributed by atoms with E-state index in [1.54, 1.807) is 0 Å². The van der Waals surface area contributed by atoms with Crippen molar-refractivity contribution in [1.29, 1.82) is 0 Å². The van der Waals surface area contributed by atoms with Crippen LogP contribution in [-0.4, -0.2) is 23.3 Å². The summed E-state index contributed by atoms with van der Waals surface area (Å²) >= 11 is 0. The van der Waals surface area contributed by atoms with Gasteiger partial charge in [-0.1, -0.05) is 19.4 Å². The van der Waals surface area contributed by atoms with Gasteiger partial charge in [0.2, 0.25) is 0 Å². The van der Waals surface area contributed by atoms with Gasteiger partial charge in [-0.3, -0.25) is 9.59 Å². The highest BCUT2D eigenvalue weighted by Gasteiger charge is 2.71. The maximum absolute atomic E-state index is 12.8. The number of hydrogen-bond donors (Lipinski definition) is 0. The predicted molar refractivity (Wildman–Crippen MR) is 95.0 cm³/mol. The van der Waals surface area contributed by atoms with Crippen LogP contribution in [0.15, 0.2) is 11.6 Å². The van der Waals surface area contributed by atoms with E-state index in [1.165, 1.54) is 18.4 Å². The van der Waals surface area contributed by atoms with Crippen molar-refractivity contribution in [2.45, 2.75) is 83.8 Å². The lowest BCUT2D eigenvalue weighted by molar-refractivity contribution is -0.235. The van der Waals surface area contributed by atoms with E-state index in [2.05, 4.69) is 13.8 Å². The Morgan fingerprint density at radius 2 is 1.76 bits per heavy atom. The lowest BCUT2D eigenvalue weighted by atomic mass is 9.46. The van der Waals surface area contributed by atoms with E-state index < -0.39 is 5.60 Å². The number of fused-ring (bicyclic) bond motifs is 6. The molecular formula is C22H30O3. The molecule has 0 aromatic heterocycles. The van der Waals surface area contributed by atoms with E-state index in [-0.39, 0.29) is 16.9 Å². The van der Waals surface area contributed by atoms with E-state index >= 15 is 0 Å². The Bertz CT molecular complexity index is 693. The first-order valence-electron chi connectivity index (χ1n) is 10.3. The zero-order chi connectivity index (χ0) is 17.6. The molecule has 4 fully saturated rings. The van der Waals surface area contributed by atoms with Gasteiger partial charge >= 0.3 is 0 Å². The zero-order valence-electron chi connectivity index (χ0n) is 15.8. The molecule has 3 nitrogen and oxygen atoms in total. The molecule has 0 amide bonds. The summed E-state index contributed by atoms with van der Waals surface area (Å²) in [5.74, 6) is 2.68. The summed E-state index contributed by atoms with van der Waals surface area (Å²) < 4.78 is 6.19. The Morgan fingerprint density at radius 3 is 2.48 bits per heavy atom. The minimum Gasteiger partial charge on any atom is -0.356 e. The molecule has 0 bridgehead atoms. The molecule has 5 aliphatic rings. The van der Waals surface area contributed by atoms with Crippen molar-refractivity contribution in [2.75, 3.05) is 0 Å². The van der Waals surface area contributed by atoms with Gasteiger partial charge < -0.3 is 4.74 Å². The fraction of sp³-hybridized carbons (Fsp3) is 0.818. The van der Waals surface area contributed by atoms with E-state index in [0.29, 0.717) is 35.7 Å². The van der Waals surface area contributed by atoms with Gasteiger partial charge in [0, 0.05) is 11.8 Å². The highest BCUT2D eigenvalue weighted by molar-refractivity contribution is 5.97. The van der Waals surface area contributed by atoms with Crippen LogP contribution in [0.1, 0.15) is 72.1 Å². The average Bonchev–Trinajstić information content (AvgIpc) is 2.90. The number of Topliss-reactive ketones (excluding diaryl/α,β-unsaturated/α-hetero) is 1. The van der Waals surface area contributed by atoms with Crippen molar-refractivity contribution in [3.63, 3.8) is 0 Å². The third-order valence-corrected chi connectivity index (χ3v) is 9.23. The molecule has 3 heteroatoms. The van der Waals surface area contributed by atoms with Crippen LogP contribution in [0.25, 0.3) is 0 Å². The van der Waals surface area contributed by atoms with Crippen molar-refractivity contribution >= 4 is 11.6 Å². The standard InChI is InChI=1S/C22H30O3/c1-13-19(24)22(25-13)11-8-18-16-5-4-14-12-15(23)6-9-20(14,2)17(16)7-10-21(18,22)3/h12-13,16-18H,4-11H2,1-3H3/t13-,16-,17+,18+,20+,21+,22+/m1/s1. The summed E-state index contributed by atoms with van der Waals surface area (Å²) in [7, 11) is 0. The molecule has 0 unspecified atom stereocenters. The first-order valence-corrected chi connectivity index (χ1v) is 10.3. The normalized spacial score (nSPS) is 54.4. The summed E-state index contributed by atoms with van der Waals surface area (Å²) in [4.78, 5) is 24.7. The SMILES string of the molecule is C[C@H]1O[C@@]2(CC[C@H]3[C@@H]4CCC5=CC(=O)CC[C@]5(C)[C@H]4CC[C@@]32C)C1=O. The molecule has 1 spiro atoms. The molecule has 1 aliphatic heterocycles. The van der Waals surface area contributed by atoms with Gasteiger partial charge in [0.15, 0.2) is 11.6 Å². The summed E-state index contributed by atoms with van der Waals surface area (Å²) in [5, 5.41) is 0. The molecule has 3 saturated carbocycles. The van der Waals surface area contributed by atoms with Gasteiger partial charge in [0.1, 0.15) is 11.7 Å². The van der Waals surface area contributed by atoms with Gasteiger partial charge in [-0.2, -0.15) is 0 Å². The summed E-state index contributed by atoms with van der Waals surface area (Å²) in [6.45, 7) is 6.68. The predicted octanol–water partition coefficient (Wildman–Crippen LogP) is 4.24. The van der Waals surface area contributed by atoms with Crippen molar-refractivity contribution in [3.8, 4) is 0 Å². The molecule has 4 aliphatic carbocycles. The molecule has 1 saturated heterocycles. The smallest absolute Gasteiger partial charge is 0.193 e. The van der Waals surface area contributed by atoms with Gasteiger partial charge in [-0.15, -0.1) is 0 Å². The van der Waals surface area contributed by atoms with E-state index in [1.807, 2.05) is 13.0 Å². The largest absolute Gasteiger partial charge is 0.356 e.